The van der Waals surface area contributed by atoms with Gasteiger partial charge in [0, 0.05) is 23.7 Å². The van der Waals surface area contributed by atoms with E-state index < -0.39 is 0 Å². The fourth-order valence-corrected chi connectivity index (χ4v) is 4.36. The predicted octanol–water partition coefficient (Wildman–Crippen LogP) is 3.37. The number of thiophene rings is 1. The average molecular weight is 356 g/mol. The van der Waals surface area contributed by atoms with Gasteiger partial charge in [-0.1, -0.05) is 11.3 Å². The van der Waals surface area contributed by atoms with E-state index in [4.69, 9.17) is 4.74 Å². The number of carbonyl (C=O) groups is 2. The Morgan fingerprint density at radius 1 is 1.16 bits per heavy atom. The molecule has 2 fully saturated rings. The highest BCUT2D eigenvalue weighted by Gasteiger charge is 2.39. The fraction of sp³-hybridized carbons (Fsp3) is 0.368. The minimum absolute atomic E-state index is 0.0296. The number of carbonyl (C=O) groups excluding carboxylic acids is 2. The van der Waals surface area contributed by atoms with Crippen LogP contribution in [0.1, 0.15) is 46.2 Å². The zero-order chi connectivity index (χ0) is 17.4. The molecule has 2 N–H and O–H groups in total. The molecule has 130 valence electrons. The second-order valence-electron chi connectivity index (χ2n) is 6.66. The van der Waals surface area contributed by atoms with E-state index in [1.54, 1.807) is 36.4 Å². The van der Waals surface area contributed by atoms with Gasteiger partial charge >= 0.3 is 0 Å². The van der Waals surface area contributed by atoms with E-state index in [2.05, 4.69) is 10.6 Å². The quantitative estimate of drug-likeness (QED) is 0.806. The average Bonchev–Trinajstić information content (AvgIpc) is 3.32. The van der Waals surface area contributed by atoms with Crippen LogP contribution in [0.25, 0.3) is 0 Å². The third-order valence-electron chi connectivity index (χ3n) is 4.88. The summed E-state index contributed by atoms with van der Waals surface area (Å²) in [5.74, 6) is 0.637. The van der Waals surface area contributed by atoms with Crippen LogP contribution in [0.4, 0.5) is 0 Å². The Labute approximate surface area is 150 Å². The van der Waals surface area contributed by atoms with Crippen molar-refractivity contribution in [3.05, 3.63) is 46.8 Å². The summed E-state index contributed by atoms with van der Waals surface area (Å²) in [7, 11) is 0. The lowest BCUT2D eigenvalue weighted by molar-refractivity contribution is 0.0930. The van der Waals surface area contributed by atoms with Crippen LogP contribution in [0, 0.1) is 0 Å². The lowest BCUT2D eigenvalue weighted by atomic mass is 9.95. The van der Waals surface area contributed by atoms with E-state index in [1.807, 2.05) is 0 Å². The number of hydrogen-bond donors (Lipinski definition) is 2. The number of hydrogen-bond acceptors (Lipinski definition) is 5. The summed E-state index contributed by atoms with van der Waals surface area (Å²) in [5, 5.41) is 7.32. The van der Waals surface area contributed by atoms with Crippen LogP contribution >= 0.6 is 11.3 Å². The van der Waals surface area contributed by atoms with E-state index in [9.17, 15) is 9.59 Å². The normalized spacial score (nSPS) is 24.3. The van der Waals surface area contributed by atoms with Crippen LogP contribution in [0.3, 0.4) is 0 Å². The van der Waals surface area contributed by atoms with Crippen molar-refractivity contribution < 1.29 is 14.3 Å². The van der Waals surface area contributed by atoms with Gasteiger partial charge in [-0.3, -0.25) is 9.59 Å². The van der Waals surface area contributed by atoms with Crippen LogP contribution < -0.4 is 15.4 Å². The minimum atomic E-state index is -0.0408. The van der Waals surface area contributed by atoms with Gasteiger partial charge in [-0.2, -0.15) is 0 Å². The third kappa shape index (κ3) is 3.45. The zero-order valence-corrected chi connectivity index (χ0v) is 14.8. The molecule has 2 aliphatic rings. The third-order valence-corrected chi connectivity index (χ3v) is 5.94. The van der Waals surface area contributed by atoms with Crippen LogP contribution in [0.5, 0.6) is 10.8 Å². The van der Waals surface area contributed by atoms with Gasteiger partial charge in [-0.15, -0.1) is 0 Å². The number of nitrogens with one attached hydrogen (secondary N) is 2. The monoisotopic (exact) mass is 356 g/mol. The highest BCUT2D eigenvalue weighted by Crippen LogP contribution is 2.30. The van der Waals surface area contributed by atoms with E-state index >= 15 is 0 Å². The van der Waals surface area contributed by atoms with Gasteiger partial charge in [-0.25, -0.2) is 0 Å². The van der Waals surface area contributed by atoms with Gasteiger partial charge in [0.25, 0.3) is 5.91 Å². The molecule has 0 spiro atoms. The summed E-state index contributed by atoms with van der Waals surface area (Å²) >= 11 is 1.32. The summed E-state index contributed by atoms with van der Waals surface area (Å²) < 4.78 is 5.74. The Bertz CT molecular complexity index is 799. The van der Waals surface area contributed by atoms with Gasteiger partial charge in [0.2, 0.25) is 0 Å². The molecule has 4 rings (SSSR count). The molecule has 25 heavy (non-hydrogen) atoms. The molecule has 5 nitrogen and oxygen atoms in total. The molecule has 3 unspecified atom stereocenters. The minimum Gasteiger partial charge on any atom is -0.447 e. The molecule has 0 radical (unpaired) electrons. The standard InChI is InChI=1S/C19H20N2O3S/c1-11(22)17-8-9-18(25-17)24-14-5-2-12(3-6-14)19(23)21-16-10-13-4-7-15(16)20-13/h2-3,5-6,8-9,13,15-16,20H,4,7,10H2,1H3,(H,21,23). The summed E-state index contributed by atoms with van der Waals surface area (Å²) in [6.07, 6.45) is 3.39. The van der Waals surface area contributed by atoms with Gasteiger partial charge < -0.3 is 15.4 Å². The first-order valence-electron chi connectivity index (χ1n) is 8.54. The Kier molecular flexibility index (Phi) is 4.31. The Morgan fingerprint density at radius 2 is 1.96 bits per heavy atom. The highest BCUT2D eigenvalue weighted by atomic mass is 32.1. The summed E-state index contributed by atoms with van der Waals surface area (Å²) in [6, 6.07) is 11.9. The van der Waals surface area contributed by atoms with E-state index in [-0.39, 0.29) is 17.7 Å². The number of amides is 1. The lowest BCUT2D eigenvalue weighted by Gasteiger charge is -2.21. The van der Waals surface area contributed by atoms with Gasteiger partial charge in [-0.05, 0) is 62.6 Å². The topological polar surface area (TPSA) is 67.4 Å². The molecule has 0 saturated carbocycles. The summed E-state index contributed by atoms with van der Waals surface area (Å²) in [5.41, 5.74) is 0.630. The molecule has 0 aliphatic carbocycles. The Hall–Kier alpha value is -2.18. The molecule has 6 heteroatoms. The highest BCUT2D eigenvalue weighted by molar-refractivity contribution is 7.15. The van der Waals surface area contributed by atoms with E-state index in [0.29, 0.717) is 33.3 Å². The maximum absolute atomic E-state index is 12.4. The second-order valence-corrected chi connectivity index (χ2v) is 7.71. The molecule has 1 aromatic carbocycles. The van der Waals surface area contributed by atoms with Crippen molar-refractivity contribution in [1.82, 2.24) is 10.6 Å². The SMILES string of the molecule is CC(=O)c1ccc(Oc2ccc(C(=O)NC3CC4CCC3N4)cc2)s1. The van der Waals surface area contributed by atoms with Crippen molar-refractivity contribution in [3.8, 4) is 10.8 Å². The lowest BCUT2D eigenvalue weighted by Crippen LogP contribution is -2.42. The van der Waals surface area contributed by atoms with Crippen LogP contribution in [0.15, 0.2) is 36.4 Å². The maximum Gasteiger partial charge on any atom is 0.251 e. The summed E-state index contributed by atoms with van der Waals surface area (Å²) in [6.45, 7) is 1.54. The van der Waals surface area contributed by atoms with Crippen molar-refractivity contribution in [2.45, 2.75) is 44.3 Å². The molecule has 3 atom stereocenters. The van der Waals surface area contributed by atoms with Crippen molar-refractivity contribution in [2.75, 3.05) is 0 Å². The number of fused-ring (bicyclic) bond motifs is 2. The van der Waals surface area contributed by atoms with Crippen LogP contribution in [-0.2, 0) is 0 Å². The predicted molar refractivity (Wildman–Crippen MR) is 96.7 cm³/mol. The van der Waals surface area contributed by atoms with E-state index in [0.717, 1.165) is 12.8 Å². The van der Waals surface area contributed by atoms with Gasteiger partial charge in [0.15, 0.2) is 10.8 Å². The zero-order valence-electron chi connectivity index (χ0n) is 14.0. The number of ether oxygens (including phenoxy) is 1. The first kappa shape index (κ1) is 16.3. The van der Waals surface area contributed by atoms with Crippen molar-refractivity contribution in [2.24, 2.45) is 0 Å². The molecule has 2 aromatic rings. The number of rotatable bonds is 5. The van der Waals surface area contributed by atoms with Gasteiger partial charge in [0.1, 0.15) is 5.75 Å². The second kappa shape index (κ2) is 6.61. The van der Waals surface area contributed by atoms with Crippen molar-refractivity contribution in [1.29, 1.82) is 0 Å². The maximum atomic E-state index is 12.4. The van der Waals surface area contributed by atoms with Crippen LogP contribution in [0.2, 0.25) is 0 Å². The largest absolute Gasteiger partial charge is 0.447 e. The Morgan fingerprint density at radius 3 is 2.56 bits per heavy atom. The molecular formula is C19H20N2O3S. The Balaban J connectivity index is 1.37. The smallest absolute Gasteiger partial charge is 0.251 e. The number of ketones is 1. The molecular weight excluding hydrogens is 336 g/mol. The fourth-order valence-electron chi connectivity index (χ4n) is 3.59. The number of Topliss-reactive ketones (excluding diaryl/α,β-unsaturated/α-hetero) is 1. The summed E-state index contributed by atoms with van der Waals surface area (Å²) in [4.78, 5) is 24.4. The molecule has 1 aromatic heterocycles. The molecule has 2 bridgehead atoms. The van der Waals surface area contributed by atoms with Crippen LogP contribution in [-0.4, -0.2) is 29.8 Å². The molecule has 2 aliphatic heterocycles. The molecule has 1 amide bonds. The first-order chi connectivity index (χ1) is 12.1. The van der Waals surface area contributed by atoms with Crippen molar-refractivity contribution >= 4 is 23.0 Å². The molecule has 2 saturated heterocycles. The van der Waals surface area contributed by atoms with E-state index in [1.165, 1.54) is 24.7 Å². The van der Waals surface area contributed by atoms with Crippen molar-refractivity contribution in [3.63, 3.8) is 0 Å². The van der Waals surface area contributed by atoms with Gasteiger partial charge in [0.05, 0.1) is 4.88 Å². The number of benzene rings is 1. The first-order valence-corrected chi connectivity index (χ1v) is 9.36. The molecule has 3 heterocycles.